The van der Waals surface area contributed by atoms with E-state index in [9.17, 15) is 4.79 Å². The van der Waals surface area contributed by atoms with Crippen molar-refractivity contribution < 1.29 is 0 Å². The van der Waals surface area contributed by atoms with Crippen LogP contribution < -0.4 is 10.9 Å². The van der Waals surface area contributed by atoms with Crippen molar-refractivity contribution in [2.75, 3.05) is 5.32 Å². The lowest BCUT2D eigenvalue weighted by atomic mass is 9.75. The number of anilines is 1. The Labute approximate surface area is 102 Å². The van der Waals surface area contributed by atoms with E-state index in [2.05, 4.69) is 24.1 Å². The molecule has 0 spiro atoms. The molecule has 0 atom stereocenters. The van der Waals surface area contributed by atoms with Crippen molar-refractivity contribution in [1.29, 1.82) is 0 Å². The van der Waals surface area contributed by atoms with Gasteiger partial charge in [0.25, 0.3) is 5.56 Å². The summed E-state index contributed by atoms with van der Waals surface area (Å²) in [4.78, 5) is 16.3. The van der Waals surface area contributed by atoms with Gasteiger partial charge in [0.05, 0.1) is 0 Å². The molecule has 4 heteroatoms. The maximum Gasteiger partial charge on any atom is 0.293 e. The minimum absolute atomic E-state index is 0.00840. The van der Waals surface area contributed by atoms with Gasteiger partial charge in [0.15, 0.2) is 5.82 Å². The van der Waals surface area contributed by atoms with E-state index in [-0.39, 0.29) is 11.1 Å². The Morgan fingerprint density at radius 2 is 2.24 bits per heavy atom. The topological polar surface area (TPSA) is 46.9 Å². The van der Waals surface area contributed by atoms with E-state index < -0.39 is 0 Å². The number of rotatable bonds is 5. The molecule has 0 saturated heterocycles. The van der Waals surface area contributed by atoms with E-state index in [0.717, 1.165) is 32.2 Å². The second-order valence-corrected chi connectivity index (χ2v) is 4.89. The maximum atomic E-state index is 12.1. The highest BCUT2D eigenvalue weighted by atomic mass is 16.1. The molecule has 0 radical (unpaired) electrons. The molecule has 0 unspecified atom stereocenters. The van der Waals surface area contributed by atoms with Gasteiger partial charge in [0.2, 0.25) is 0 Å². The smallest absolute Gasteiger partial charge is 0.293 e. The lowest BCUT2D eigenvalue weighted by Crippen LogP contribution is -2.46. The first kappa shape index (κ1) is 12.1. The number of nitrogens with zero attached hydrogens (tertiary/aromatic N) is 2. The molecule has 1 fully saturated rings. The molecule has 4 nitrogen and oxygen atoms in total. The highest BCUT2D eigenvalue weighted by molar-refractivity contribution is 5.36. The summed E-state index contributed by atoms with van der Waals surface area (Å²) in [5, 5.41) is 3.36. The van der Waals surface area contributed by atoms with Crippen LogP contribution in [-0.4, -0.2) is 15.1 Å². The Hall–Kier alpha value is -1.32. The van der Waals surface area contributed by atoms with Crippen LogP contribution in [0.3, 0.4) is 0 Å². The van der Waals surface area contributed by atoms with Crippen LogP contribution in [0.15, 0.2) is 17.2 Å². The van der Waals surface area contributed by atoms with Crippen molar-refractivity contribution in [2.24, 2.45) is 0 Å². The molecule has 1 saturated carbocycles. The molecule has 0 aliphatic heterocycles. The molecule has 1 aliphatic carbocycles. The monoisotopic (exact) mass is 235 g/mol. The predicted octanol–water partition coefficient (Wildman–Crippen LogP) is 2.40. The van der Waals surface area contributed by atoms with Crippen molar-refractivity contribution in [2.45, 2.75) is 58.0 Å². The highest BCUT2D eigenvalue weighted by Gasteiger charge is 2.35. The van der Waals surface area contributed by atoms with Crippen LogP contribution in [-0.2, 0) is 6.54 Å². The van der Waals surface area contributed by atoms with Gasteiger partial charge >= 0.3 is 0 Å². The number of hydrogen-bond acceptors (Lipinski definition) is 3. The van der Waals surface area contributed by atoms with Crippen molar-refractivity contribution in [3.63, 3.8) is 0 Å². The Morgan fingerprint density at radius 3 is 2.76 bits per heavy atom. The zero-order valence-corrected chi connectivity index (χ0v) is 10.7. The largest absolute Gasteiger partial charge is 0.360 e. The maximum absolute atomic E-state index is 12.1. The first-order valence-electron chi connectivity index (χ1n) is 6.54. The van der Waals surface area contributed by atoms with Gasteiger partial charge in [0, 0.05) is 24.5 Å². The van der Waals surface area contributed by atoms with Gasteiger partial charge in [-0.05, 0) is 32.1 Å². The van der Waals surface area contributed by atoms with E-state index in [4.69, 9.17) is 0 Å². The minimum atomic E-state index is 0.00840. The highest BCUT2D eigenvalue weighted by Crippen LogP contribution is 2.36. The number of hydrogen-bond donors (Lipinski definition) is 1. The summed E-state index contributed by atoms with van der Waals surface area (Å²) >= 11 is 0. The average molecular weight is 235 g/mol. The molecule has 1 aromatic rings. The molecule has 0 bridgehead atoms. The summed E-state index contributed by atoms with van der Waals surface area (Å²) in [7, 11) is 0. The zero-order valence-electron chi connectivity index (χ0n) is 10.7. The molecule has 2 rings (SSSR count). The van der Waals surface area contributed by atoms with E-state index in [1.165, 1.54) is 6.42 Å². The molecular formula is C13H21N3O. The second-order valence-electron chi connectivity index (χ2n) is 4.89. The van der Waals surface area contributed by atoms with Crippen LogP contribution in [0.1, 0.15) is 46.0 Å². The van der Waals surface area contributed by atoms with Gasteiger partial charge in [-0.3, -0.25) is 4.79 Å². The number of aromatic nitrogens is 2. The molecule has 1 aromatic heterocycles. The SMILES string of the molecule is CCCn1ccnc(NC2(CC)CCC2)c1=O. The van der Waals surface area contributed by atoms with Gasteiger partial charge in [-0.25, -0.2) is 4.98 Å². The van der Waals surface area contributed by atoms with Crippen molar-refractivity contribution in [1.82, 2.24) is 9.55 Å². The standard InChI is InChI=1S/C13H21N3O/c1-3-9-16-10-8-14-11(12(16)17)15-13(4-2)6-5-7-13/h8,10H,3-7,9H2,1-2H3,(H,14,15). The molecule has 0 aromatic carbocycles. The third-order valence-corrected chi connectivity index (χ3v) is 3.75. The first-order valence-corrected chi connectivity index (χ1v) is 6.54. The van der Waals surface area contributed by atoms with Crippen LogP contribution in [0.25, 0.3) is 0 Å². The predicted molar refractivity (Wildman–Crippen MR) is 69.3 cm³/mol. The number of aryl methyl sites for hydroxylation is 1. The van der Waals surface area contributed by atoms with Crippen LogP contribution in [0.4, 0.5) is 5.82 Å². The molecule has 1 heterocycles. The van der Waals surface area contributed by atoms with Gasteiger partial charge in [0.1, 0.15) is 0 Å². The molecule has 1 aliphatic rings. The third kappa shape index (κ3) is 2.35. The first-order chi connectivity index (χ1) is 8.21. The van der Waals surface area contributed by atoms with Gasteiger partial charge in [-0.2, -0.15) is 0 Å². The molecular weight excluding hydrogens is 214 g/mol. The van der Waals surface area contributed by atoms with E-state index in [1.54, 1.807) is 17.0 Å². The van der Waals surface area contributed by atoms with E-state index in [1.807, 2.05) is 0 Å². The lowest BCUT2D eigenvalue weighted by Gasteiger charge is -2.42. The van der Waals surface area contributed by atoms with E-state index >= 15 is 0 Å². The summed E-state index contributed by atoms with van der Waals surface area (Å²) in [6, 6.07) is 0. The fraction of sp³-hybridized carbons (Fsp3) is 0.692. The molecule has 94 valence electrons. The van der Waals surface area contributed by atoms with Crippen molar-refractivity contribution >= 4 is 5.82 Å². The quantitative estimate of drug-likeness (QED) is 0.852. The third-order valence-electron chi connectivity index (χ3n) is 3.75. The summed E-state index contributed by atoms with van der Waals surface area (Å²) in [5.41, 5.74) is 0.131. The van der Waals surface area contributed by atoms with Gasteiger partial charge in [-0.1, -0.05) is 13.8 Å². The van der Waals surface area contributed by atoms with Gasteiger partial charge < -0.3 is 9.88 Å². The van der Waals surface area contributed by atoms with Crippen LogP contribution >= 0.6 is 0 Å². The number of nitrogens with one attached hydrogen (secondary N) is 1. The fourth-order valence-electron chi connectivity index (χ4n) is 2.37. The molecule has 1 N–H and O–H groups in total. The summed E-state index contributed by atoms with van der Waals surface area (Å²) in [6.45, 7) is 4.99. The average Bonchev–Trinajstić information content (AvgIpc) is 2.28. The molecule has 0 amide bonds. The summed E-state index contributed by atoms with van der Waals surface area (Å²) < 4.78 is 1.73. The summed E-state index contributed by atoms with van der Waals surface area (Å²) in [5.74, 6) is 0.516. The molecule has 17 heavy (non-hydrogen) atoms. The Balaban J connectivity index is 2.21. The zero-order chi connectivity index (χ0) is 12.3. The van der Waals surface area contributed by atoms with Gasteiger partial charge in [-0.15, -0.1) is 0 Å². The Morgan fingerprint density at radius 1 is 1.47 bits per heavy atom. The van der Waals surface area contributed by atoms with E-state index in [0.29, 0.717) is 5.82 Å². The second kappa shape index (κ2) is 4.90. The Kier molecular flexibility index (Phi) is 3.50. The fourth-order valence-corrected chi connectivity index (χ4v) is 2.37. The van der Waals surface area contributed by atoms with Crippen molar-refractivity contribution in [3.05, 3.63) is 22.7 Å². The minimum Gasteiger partial charge on any atom is -0.360 e. The normalized spacial score (nSPS) is 17.5. The Bertz CT molecular complexity index is 429. The summed E-state index contributed by atoms with van der Waals surface area (Å²) in [6.07, 6.45) is 9.02. The lowest BCUT2D eigenvalue weighted by molar-refractivity contribution is 0.268. The van der Waals surface area contributed by atoms with Crippen LogP contribution in [0.2, 0.25) is 0 Å². The van der Waals surface area contributed by atoms with Crippen LogP contribution in [0, 0.1) is 0 Å². The van der Waals surface area contributed by atoms with Crippen molar-refractivity contribution in [3.8, 4) is 0 Å². The van der Waals surface area contributed by atoms with Crippen LogP contribution in [0.5, 0.6) is 0 Å².